The summed E-state index contributed by atoms with van der Waals surface area (Å²) in [6.45, 7) is 2.24. The molecule has 1 aliphatic carbocycles. The van der Waals surface area contributed by atoms with Crippen molar-refractivity contribution >= 4 is 0 Å². The molecule has 0 aromatic heterocycles. The molecule has 0 aliphatic heterocycles. The van der Waals surface area contributed by atoms with Crippen molar-refractivity contribution in [1.82, 2.24) is 0 Å². The summed E-state index contributed by atoms with van der Waals surface area (Å²) in [5, 5.41) is 0. The first-order chi connectivity index (χ1) is 12.3. The molecule has 2 aromatic rings. The summed E-state index contributed by atoms with van der Waals surface area (Å²) in [6.07, 6.45) is 18.1. The van der Waals surface area contributed by atoms with E-state index in [0.29, 0.717) is 0 Å². The van der Waals surface area contributed by atoms with Crippen molar-refractivity contribution in [2.45, 2.75) is 51.4 Å². The quantitative estimate of drug-likeness (QED) is 0.411. The maximum absolute atomic E-state index is 5.43. The van der Waals surface area contributed by atoms with Gasteiger partial charge in [-0.1, -0.05) is 67.8 Å². The number of hydrogen-bond acceptors (Lipinski definition) is 0. The third-order valence-corrected chi connectivity index (χ3v) is 5.40. The van der Waals surface area contributed by atoms with E-state index in [4.69, 9.17) is 6.42 Å². The fourth-order valence-electron chi connectivity index (χ4n) is 3.81. The average molecular weight is 328 g/mol. The van der Waals surface area contributed by atoms with E-state index >= 15 is 0 Å². The highest BCUT2D eigenvalue weighted by molar-refractivity contribution is 5.64. The second-order valence-electron chi connectivity index (χ2n) is 7.17. The van der Waals surface area contributed by atoms with Crippen LogP contribution >= 0.6 is 0 Å². The van der Waals surface area contributed by atoms with Gasteiger partial charge in [-0.05, 0) is 72.8 Å². The zero-order valence-corrected chi connectivity index (χ0v) is 15.2. The molecule has 0 amide bonds. The van der Waals surface area contributed by atoms with Crippen LogP contribution in [0.1, 0.15) is 62.5 Å². The van der Waals surface area contributed by atoms with Gasteiger partial charge < -0.3 is 0 Å². The standard InChI is InChI=1S/C25H28/c1-3-5-6-7-21-10-14-23(15-11-21)25-18-16-24(17-19-25)22-12-8-20(4-2)9-13-22/h2,6-9,12-13,16-19,21,23H,3,5,10-11,14-15H2,1H3/b7-6+. The lowest BCUT2D eigenvalue weighted by Gasteiger charge is -2.27. The molecule has 1 fully saturated rings. The van der Waals surface area contributed by atoms with Gasteiger partial charge in [0.1, 0.15) is 0 Å². The van der Waals surface area contributed by atoms with E-state index in [2.05, 4.69) is 61.4 Å². The zero-order valence-electron chi connectivity index (χ0n) is 15.2. The lowest BCUT2D eigenvalue weighted by Crippen LogP contribution is -2.11. The fraction of sp³-hybridized carbons (Fsp3) is 0.360. The van der Waals surface area contributed by atoms with Crippen LogP contribution in [0.4, 0.5) is 0 Å². The highest BCUT2D eigenvalue weighted by Crippen LogP contribution is 2.37. The monoisotopic (exact) mass is 328 g/mol. The van der Waals surface area contributed by atoms with Crippen LogP contribution in [-0.2, 0) is 0 Å². The summed E-state index contributed by atoms with van der Waals surface area (Å²) < 4.78 is 0. The highest BCUT2D eigenvalue weighted by atomic mass is 14.3. The summed E-state index contributed by atoms with van der Waals surface area (Å²) in [7, 11) is 0. The largest absolute Gasteiger partial charge is 0.115 e. The van der Waals surface area contributed by atoms with E-state index in [1.165, 1.54) is 55.2 Å². The molecule has 0 N–H and O–H groups in total. The Labute approximate surface area is 153 Å². The van der Waals surface area contributed by atoms with E-state index in [0.717, 1.165) is 17.4 Å². The van der Waals surface area contributed by atoms with Gasteiger partial charge in [-0.25, -0.2) is 0 Å². The van der Waals surface area contributed by atoms with Gasteiger partial charge in [0.15, 0.2) is 0 Å². The Morgan fingerprint density at radius 3 is 2.08 bits per heavy atom. The van der Waals surface area contributed by atoms with Crippen molar-refractivity contribution in [3.63, 3.8) is 0 Å². The maximum atomic E-state index is 5.43. The van der Waals surface area contributed by atoms with Gasteiger partial charge in [-0.15, -0.1) is 6.42 Å². The Bertz CT molecular complexity index is 717. The maximum Gasteiger partial charge on any atom is 0.0243 e. The summed E-state index contributed by atoms with van der Waals surface area (Å²) in [6, 6.07) is 17.4. The lowest BCUT2D eigenvalue weighted by atomic mass is 9.78. The average Bonchev–Trinajstić information content (AvgIpc) is 2.69. The van der Waals surface area contributed by atoms with Gasteiger partial charge in [0.25, 0.3) is 0 Å². The van der Waals surface area contributed by atoms with Crippen LogP contribution in [-0.4, -0.2) is 0 Å². The molecule has 0 radical (unpaired) electrons. The Morgan fingerprint density at radius 2 is 1.52 bits per heavy atom. The van der Waals surface area contributed by atoms with E-state index in [1.807, 2.05) is 12.1 Å². The molecule has 0 nitrogen and oxygen atoms in total. The predicted octanol–water partition coefficient (Wildman–Crippen LogP) is 6.97. The topological polar surface area (TPSA) is 0 Å². The predicted molar refractivity (Wildman–Crippen MR) is 109 cm³/mol. The zero-order chi connectivity index (χ0) is 17.5. The first kappa shape index (κ1) is 17.6. The minimum atomic E-state index is 0.730. The molecule has 0 spiro atoms. The van der Waals surface area contributed by atoms with Crippen molar-refractivity contribution in [2.75, 3.05) is 0 Å². The second kappa shape index (κ2) is 8.72. The summed E-state index contributed by atoms with van der Waals surface area (Å²) in [4.78, 5) is 0. The molecule has 25 heavy (non-hydrogen) atoms. The molecule has 1 saturated carbocycles. The minimum absolute atomic E-state index is 0.730. The molecule has 0 atom stereocenters. The first-order valence-corrected chi connectivity index (χ1v) is 9.64. The number of rotatable bonds is 5. The molecule has 0 saturated heterocycles. The third kappa shape index (κ3) is 4.64. The van der Waals surface area contributed by atoms with E-state index in [1.54, 1.807) is 0 Å². The Hall–Kier alpha value is -2.26. The smallest absolute Gasteiger partial charge is 0.0243 e. The van der Waals surface area contributed by atoms with Crippen molar-refractivity contribution in [2.24, 2.45) is 5.92 Å². The van der Waals surface area contributed by atoms with Gasteiger partial charge in [-0.2, -0.15) is 0 Å². The summed E-state index contributed by atoms with van der Waals surface area (Å²) in [5.74, 6) is 4.21. The van der Waals surface area contributed by atoms with Crippen LogP contribution in [0.5, 0.6) is 0 Å². The Morgan fingerprint density at radius 1 is 0.920 bits per heavy atom. The summed E-state index contributed by atoms with van der Waals surface area (Å²) >= 11 is 0. The van der Waals surface area contributed by atoms with Crippen molar-refractivity contribution in [1.29, 1.82) is 0 Å². The molecule has 3 rings (SSSR count). The molecule has 128 valence electrons. The van der Waals surface area contributed by atoms with Gasteiger partial charge in [0.2, 0.25) is 0 Å². The number of benzene rings is 2. The minimum Gasteiger partial charge on any atom is -0.115 e. The van der Waals surface area contributed by atoms with Gasteiger partial charge >= 0.3 is 0 Å². The van der Waals surface area contributed by atoms with Gasteiger partial charge in [0.05, 0.1) is 0 Å². The van der Waals surface area contributed by atoms with Gasteiger partial charge in [0, 0.05) is 5.56 Å². The van der Waals surface area contributed by atoms with Gasteiger partial charge in [-0.3, -0.25) is 0 Å². The molecular weight excluding hydrogens is 300 g/mol. The van der Waals surface area contributed by atoms with E-state index in [-0.39, 0.29) is 0 Å². The summed E-state index contributed by atoms with van der Waals surface area (Å²) in [5.41, 5.74) is 4.93. The number of terminal acetylenes is 1. The van der Waals surface area contributed by atoms with Crippen LogP contribution in [0, 0.1) is 18.3 Å². The molecule has 2 aromatic carbocycles. The van der Waals surface area contributed by atoms with Crippen LogP contribution in [0.25, 0.3) is 11.1 Å². The normalized spacial score (nSPS) is 20.5. The Kier molecular flexibility index (Phi) is 6.13. The van der Waals surface area contributed by atoms with Crippen LogP contribution in [0.3, 0.4) is 0 Å². The molecule has 0 heteroatoms. The second-order valence-corrected chi connectivity index (χ2v) is 7.17. The van der Waals surface area contributed by atoms with Crippen LogP contribution < -0.4 is 0 Å². The van der Waals surface area contributed by atoms with Crippen molar-refractivity contribution in [3.05, 3.63) is 71.8 Å². The third-order valence-electron chi connectivity index (χ3n) is 5.40. The number of allylic oxidation sites excluding steroid dienone is 2. The van der Waals surface area contributed by atoms with Crippen LogP contribution in [0.2, 0.25) is 0 Å². The van der Waals surface area contributed by atoms with Crippen LogP contribution in [0.15, 0.2) is 60.7 Å². The lowest BCUT2D eigenvalue weighted by molar-refractivity contribution is 0.375. The number of unbranched alkanes of at least 4 members (excludes halogenated alkanes) is 1. The molecule has 0 bridgehead atoms. The molecular formula is C25H28. The number of hydrogen-bond donors (Lipinski definition) is 0. The van der Waals surface area contributed by atoms with Crippen molar-refractivity contribution in [3.8, 4) is 23.5 Å². The fourth-order valence-corrected chi connectivity index (χ4v) is 3.81. The highest BCUT2D eigenvalue weighted by Gasteiger charge is 2.20. The molecule has 1 aliphatic rings. The van der Waals surface area contributed by atoms with Crippen molar-refractivity contribution < 1.29 is 0 Å². The molecule has 0 heterocycles. The van der Waals surface area contributed by atoms with E-state index in [9.17, 15) is 0 Å². The Balaban J connectivity index is 1.60. The molecule has 0 unspecified atom stereocenters. The van der Waals surface area contributed by atoms with E-state index < -0.39 is 0 Å². The SMILES string of the molecule is C#Cc1ccc(-c2ccc(C3CCC(/C=C/CCC)CC3)cc2)cc1. The first-order valence-electron chi connectivity index (χ1n) is 9.64.